The van der Waals surface area contributed by atoms with Crippen molar-refractivity contribution in [3.8, 4) is 17.2 Å². The molecule has 0 aliphatic carbocycles. The van der Waals surface area contributed by atoms with Crippen LogP contribution < -0.4 is 19.9 Å². The van der Waals surface area contributed by atoms with Crippen LogP contribution in [0.1, 0.15) is 42.6 Å². The van der Waals surface area contributed by atoms with E-state index in [0.29, 0.717) is 47.1 Å². The second kappa shape index (κ2) is 9.67. The summed E-state index contributed by atoms with van der Waals surface area (Å²) in [5.74, 6) is 1.67. The average molecular weight is 369 g/mol. The first kappa shape index (κ1) is 20.4. The third-order valence-electron chi connectivity index (χ3n) is 4.14. The predicted octanol–water partition coefficient (Wildman–Crippen LogP) is 4.75. The van der Waals surface area contributed by atoms with E-state index in [2.05, 4.69) is 0 Å². The molecule has 0 unspecified atom stereocenters. The number of allylic oxidation sites excluding steroid dienone is 1. The molecule has 0 aliphatic rings. The lowest BCUT2D eigenvalue weighted by Gasteiger charge is -2.12. The van der Waals surface area contributed by atoms with Crippen molar-refractivity contribution in [1.82, 2.24) is 0 Å². The minimum absolute atomic E-state index is 0.0811. The van der Waals surface area contributed by atoms with Crippen LogP contribution in [0.2, 0.25) is 0 Å². The number of ketones is 1. The van der Waals surface area contributed by atoms with E-state index >= 15 is 0 Å². The Hall–Kier alpha value is -2.95. The van der Waals surface area contributed by atoms with Crippen molar-refractivity contribution in [2.45, 2.75) is 26.7 Å². The van der Waals surface area contributed by atoms with Crippen LogP contribution in [0, 0.1) is 0 Å². The third-order valence-corrected chi connectivity index (χ3v) is 4.14. The Labute approximate surface area is 160 Å². The SMILES string of the molecule is CCCC(=Cc1ccc(N)c(OCC)c1)C(=O)c1cc(OC)ccc1OC. The number of Topliss-reactive ketones (excluding diaryl/α,β-unsaturated/α-hetero) is 1. The third kappa shape index (κ3) is 5.03. The molecule has 0 fully saturated rings. The standard InChI is InChI=1S/C22H27NO4/c1-5-7-16(12-15-8-10-19(23)21(13-15)27-6-2)22(24)18-14-17(25-3)9-11-20(18)26-4/h8-14H,5-7,23H2,1-4H3. The summed E-state index contributed by atoms with van der Waals surface area (Å²) in [6.45, 7) is 4.47. The molecule has 2 aromatic carbocycles. The molecule has 2 rings (SSSR count). The lowest BCUT2D eigenvalue weighted by Crippen LogP contribution is -2.06. The highest BCUT2D eigenvalue weighted by Crippen LogP contribution is 2.29. The van der Waals surface area contributed by atoms with E-state index in [4.69, 9.17) is 19.9 Å². The Balaban J connectivity index is 2.46. The zero-order valence-electron chi connectivity index (χ0n) is 16.4. The number of anilines is 1. The van der Waals surface area contributed by atoms with E-state index in [1.165, 1.54) is 0 Å². The first-order chi connectivity index (χ1) is 13.0. The van der Waals surface area contributed by atoms with Crippen LogP contribution in [0.15, 0.2) is 42.0 Å². The number of carbonyl (C=O) groups is 1. The van der Waals surface area contributed by atoms with Crippen molar-refractivity contribution in [1.29, 1.82) is 0 Å². The van der Waals surface area contributed by atoms with Gasteiger partial charge in [0.25, 0.3) is 0 Å². The maximum absolute atomic E-state index is 13.2. The molecule has 0 amide bonds. The monoisotopic (exact) mass is 369 g/mol. The highest BCUT2D eigenvalue weighted by atomic mass is 16.5. The summed E-state index contributed by atoms with van der Waals surface area (Å²) >= 11 is 0. The Bertz CT molecular complexity index is 827. The Morgan fingerprint density at radius 3 is 2.44 bits per heavy atom. The number of hydrogen-bond donors (Lipinski definition) is 1. The number of hydrogen-bond acceptors (Lipinski definition) is 5. The van der Waals surface area contributed by atoms with Gasteiger partial charge in [-0.2, -0.15) is 0 Å². The summed E-state index contributed by atoms with van der Waals surface area (Å²) in [6.07, 6.45) is 3.37. The summed E-state index contributed by atoms with van der Waals surface area (Å²) in [7, 11) is 3.12. The number of benzene rings is 2. The molecule has 2 N–H and O–H groups in total. The molecular weight excluding hydrogens is 342 g/mol. The minimum Gasteiger partial charge on any atom is -0.497 e. The van der Waals surface area contributed by atoms with E-state index in [9.17, 15) is 4.79 Å². The maximum atomic E-state index is 13.2. The molecule has 5 heteroatoms. The van der Waals surface area contributed by atoms with Crippen molar-refractivity contribution in [2.75, 3.05) is 26.6 Å². The van der Waals surface area contributed by atoms with Crippen LogP contribution in [-0.2, 0) is 0 Å². The van der Waals surface area contributed by atoms with Gasteiger partial charge in [-0.3, -0.25) is 4.79 Å². The average Bonchev–Trinajstić information content (AvgIpc) is 2.69. The van der Waals surface area contributed by atoms with Gasteiger partial charge in [-0.1, -0.05) is 19.4 Å². The molecule has 0 radical (unpaired) electrons. The van der Waals surface area contributed by atoms with E-state index in [1.807, 2.05) is 32.1 Å². The summed E-state index contributed by atoms with van der Waals surface area (Å²) < 4.78 is 16.2. The van der Waals surface area contributed by atoms with Gasteiger partial charge in [-0.25, -0.2) is 0 Å². The van der Waals surface area contributed by atoms with E-state index in [-0.39, 0.29) is 5.78 Å². The van der Waals surface area contributed by atoms with Gasteiger partial charge in [0.1, 0.15) is 17.2 Å². The highest BCUT2D eigenvalue weighted by Gasteiger charge is 2.18. The first-order valence-corrected chi connectivity index (χ1v) is 9.03. The van der Waals surface area contributed by atoms with Gasteiger partial charge in [-0.05, 0) is 55.3 Å². The van der Waals surface area contributed by atoms with Crippen molar-refractivity contribution < 1.29 is 19.0 Å². The second-order valence-corrected chi connectivity index (χ2v) is 6.05. The molecule has 0 aromatic heterocycles. The number of rotatable bonds is 9. The zero-order valence-corrected chi connectivity index (χ0v) is 16.4. The Morgan fingerprint density at radius 2 is 1.81 bits per heavy atom. The van der Waals surface area contributed by atoms with Crippen LogP contribution in [0.25, 0.3) is 6.08 Å². The van der Waals surface area contributed by atoms with Crippen molar-refractivity contribution in [3.63, 3.8) is 0 Å². The fourth-order valence-electron chi connectivity index (χ4n) is 2.81. The number of methoxy groups -OCH3 is 2. The van der Waals surface area contributed by atoms with Gasteiger partial charge in [0.15, 0.2) is 5.78 Å². The molecule has 5 nitrogen and oxygen atoms in total. The summed E-state index contributed by atoms with van der Waals surface area (Å²) in [4.78, 5) is 13.2. The van der Waals surface area contributed by atoms with Gasteiger partial charge in [-0.15, -0.1) is 0 Å². The van der Waals surface area contributed by atoms with Gasteiger partial charge in [0.05, 0.1) is 32.1 Å². The Morgan fingerprint density at radius 1 is 1.04 bits per heavy atom. The number of nitrogens with two attached hydrogens (primary N) is 1. The number of nitrogen functional groups attached to an aromatic ring is 1. The van der Waals surface area contributed by atoms with Crippen LogP contribution in [0.4, 0.5) is 5.69 Å². The molecule has 0 atom stereocenters. The molecule has 0 saturated heterocycles. The van der Waals surface area contributed by atoms with Crippen LogP contribution in [0.3, 0.4) is 0 Å². The maximum Gasteiger partial charge on any atom is 0.192 e. The molecule has 0 bridgehead atoms. The Kier molecular flexibility index (Phi) is 7.29. The van der Waals surface area contributed by atoms with Gasteiger partial charge in [0.2, 0.25) is 0 Å². The summed E-state index contributed by atoms with van der Waals surface area (Å²) in [5.41, 5.74) is 8.56. The predicted molar refractivity (Wildman–Crippen MR) is 109 cm³/mol. The fraction of sp³-hybridized carbons (Fsp3) is 0.318. The molecule has 0 aliphatic heterocycles. The second-order valence-electron chi connectivity index (χ2n) is 6.05. The highest BCUT2D eigenvalue weighted by molar-refractivity contribution is 6.13. The van der Waals surface area contributed by atoms with E-state index < -0.39 is 0 Å². The molecule has 0 saturated carbocycles. The quantitative estimate of drug-likeness (QED) is 0.392. The minimum atomic E-state index is -0.0811. The smallest absolute Gasteiger partial charge is 0.192 e. The largest absolute Gasteiger partial charge is 0.497 e. The zero-order chi connectivity index (χ0) is 19.8. The van der Waals surface area contributed by atoms with E-state index in [0.717, 1.165) is 12.0 Å². The van der Waals surface area contributed by atoms with Crippen LogP contribution >= 0.6 is 0 Å². The normalized spacial score (nSPS) is 11.2. The number of ether oxygens (including phenoxy) is 3. The van der Waals surface area contributed by atoms with Crippen molar-refractivity contribution in [3.05, 3.63) is 53.1 Å². The molecular formula is C22H27NO4. The molecule has 144 valence electrons. The van der Waals surface area contributed by atoms with Gasteiger partial charge in [0, 0.05) is 5.57 Å². The molecule has 0 heterocycles. The van der Waals surface area contributed by atoms with Crippen molar-refractivity contribution in [2.24, 2.45) is 0 Å². The summed E-state index contributed by atoms with van der Waals surface area (Å²) in [6, 6.07) is 10.7. The molecule has 27 heavy (non-hydrogen) atoms. The molecule has 2 aromatic rings. The summed E-state index contributed by atoms with van der Waals surface area (Å²) in [5, 5.41) is 0. The first-order valence-electron chi connectivity index (χ1n) is 9.03. The fourth-order valence-corrected chi connectivity index (χ4v) is 2.81. The van der Waals surface area contributed by atoms with Gasteiger partial charge >= 0.3 is 0 Å². The van der Waals surface area contributed by atoms with Gasteiger partial charge < -0.3 is 19.9 Å². The van der Waals surface area contributed by atoms with Crippen LogP contribution in [-0.4, -0.2) is 26.6 Å². The lowest BCUT2D eigenvalue weighted by atomic mass is 9.96. The number of carbonyl (C=O) groups excluding carboxylic acids is 1. The topological polar surface area (TPSA) is 70.8 Å². The van der Waals surface area contributed by atoms with Crippen LogP contribution in [0.5, 0.6) is 17.2 Å². The molecule has 0 spiro atoms. The van der Waals surface area contributed by atoms with Crippen molar-refractivity contribution >= 4 is 17.5 Å². The lowest BCUT2D eigenvalue weighted by molar-refractivity contribution is 0.102. The van der Waals surface area contributed by atoms with E-state index in [1.54, 1.807) is 38.5 Å².